The van der Waals surface area contributed by atoms with Gasteiger partial charge in [0.25, 0.3) is 11.6 Å². The van der Waals surface area contributed by atoms with Gasteiger partial charge in [-0.25, -0.2) is 0 Å². The molecule has 2 amide bonds. The Bertz CT molecular complexity index is 1440. The first kappa shape index (κ1) is 25.8. The zero-order chi connectivity index (χ0) is 26.4. The number of nitro benzene ring substituents is 1. The van der Waals surface area contributed by atoms with Crippen molar-refractivity contribution in [3.8, 4) is 11.3 Å². The SMILES string of the molecule is CNC(=O)[C@H](Cc1cccc(Br)c1)NC(=O)c1cc(-c2ccccc2)nn1Cc1cccc([N+](=O)[O-])c1. The Balaban J connectivity index is 1.67. The highest BCUT2D eigenvalue weighted by Gasteiger charge is 2.24. The third-order valence-corrected chi connectivity index (χ3v) is 6.23. The van der Waals surface area contributed by atoms with Crippen LogP contribution in [0.3, 0.4) is 0 Å². The summed E-state index contributed by atoms with van der Waals surface area (Å²) in [6, 6.07) is 23.9. The number of amides is 2. The van der Waals surface area contributed by atoms with Crippen LogP contribution < -0.4 is 10.6 Å². The monoisotopic (exact) mass is 561 g/mol. The average molecular weight is 562 g/mol. The van der Waals surface area contributed by atoms with Gasteiger partial charge in [0.05, 0.1) is 17.2 Å². The quantitative estimate of drug-likeness (QED) is 0.232. The van der Waals surface area contributed by atoms with Crippen LogP contribution in [0.15, 0.2) is 89.4 Å². The summed E-state index contributed by atoms with van der Waals surface area (Å²) in [6.45, 7) is 0.132. The second-order valence-electron chi connectivity index (χ2n) is 8.34. The molecular weight excluding hydrogens is 538 g/mol. The summed E-state index contributed by atoms with van der Waals surface area (Å²) in [6.07, 6.45) is 0.287. The summed E-state index contributed by atoms with van der Waals surface area (Å²) in [7, 11) is 1.52. The number of hydrogen-bond acceptors (Lipinski definition) is 5. The van der Waals surface area contributed by atoms with Gasteiger partial charge in [0.15, 0.2) is 0 Å². The number of nitrogens with one attached hydrogen (secondary N) is 2. The Kier molecular flexibility index (Phi) is 8.09. The van der Waals surface area contributed by atoms with Gasteiger partial charge in [-0.2, -0.15) is 5.10 Å². The van der Waals surface area contributed by atoms with Gasteiger partial charge in [0, 0.05) is 35.6 Å². The molecule has 0 radical (unpaired) electrons. The van der Waals surface area contributed by atoms with Crippen molar-refractivity contribution in [2.75, 3.05) is 7.05 Å². The van der Waals surface area contributed by atoms with E-state index in [2.05, 4.69) is 31.7 Å². The van der Waals surface area contributed by atoms with Crippen molar-refractivity contribution in [3.63, 3.8) is 0 Å². The molecule has 0 bridgehead atoms. The van der Waals surface area contributed by atoms with Gasteiger partial charge >= 0.3 is 0 Å². The predicted octanol–water partition coefficient (Wildman–Crippen LogP) is 4.36. The maximum absolute atomic E-state index is 13.5. The lowest BCUT2D eigenvalue weighted by Crippen LogP contribution is -2.47. The van der Waals surface area contributed by atoms with Crippen molar-refractivity contribution in [2.45, 2.75) is 19.0 Å². The molecule has 188 valence electrons. The van der Waals surface area contributed by atoms with Crippen LogP contribution in [0.4, 0.5) is 5.69 Å². The molecule has 3 aromatic carbocycles. The molecule has 0 spiro atoms. The summed E-state index contributed by atoms with van der Waals surface area (Å²) in [4.78, 5) is 36.9. The molecule has 1 heterocycles. The molecule has 0 saturated heterocycles. The maximum atomic E-state index is 13.5. The molecule has 37 heavy (non-hydrogen) atoms. The highest BCUT2D eigenvalue weighted by atomic mass is 79.9. The van der Waals surface area contributed by atoms with Crippen molar-refractivity contribution in [1.29, 1.82) is 0 Å². The molecule has 1 aromatic heterocycles. The minimum Gasteiger partial charge on any atom is -0.357 e. The summed E-state index contributed by atoms with van der Waals surface area (Å²) < 4.78 is 2.37. The number of nitro groups is 1. The normalized spacial score (nSPS) is 11.5. The number of hydrogen-bond donors (Lipinski definition) is 2. The second-order valence-corrected chi connectivity index (χ2v) is 9.26. The Labute approximate surface area is 221 Å². The number of likely N-dealkylation sites (N-methyl/N-ethyl adjacent to an activating group) is 1. The lowest BCUT2D eigenvalue weighted by molar-refractivity contribution is -0.384. The largest absolute Gasteiger partial charge is 0.357 e. The van der Waals surface area contributed by atoms with Crippen LogP contribution >= 0.6 is 15.9 Å². The smallest absolute Gasteiger partial charge is 0.270 e. The van der Waals surface area contributed by atoms with Crippen LogP contribution in [0.1, 0.15) is 21.6 Å². The van der Waals surface area contributed by atoms with Crippen LogP contribution in [0.5, 0.6) is 0 Å². The summed E-state index contributed by atoms with van der Waals surface area (Å²) in [5.74, 6) is -0.815. The van der Waals surface area contributed by atoms with E-state index in [4.69, 9.17) is 0 Å². The van der Waals surface area contributed by atoms with Crippen LogP contribution in [0, 0.1) is 10.1 Å². The Morgan fingerprint density at radius 1 is 1.00 bits per heavy atom. The summed E-state index contributed by atoms with van der Waals surface area (Å²) in [5.41, 5.74) is 3.05. The minimum absolute atomic E-state index is 0.0485. The highest BCUT2D eigenvalue weighted by molar-refractivity contribution is 9.10. The fourth-order valence-electron chi connectivity index (χ4n) is 3.93. The summed E-state index contributed by atoms with van der Waals surface area (Å²) >= 11 is 3.43. The number of aromatic nitrogens is 2. The Morgan fingerprint density at radius 3 is 2.43 bits per heavy atom. The first-order chi connectivity index (χ1) is 17.8. The van der Waals surface area contributed by atoms with Crippen molar-refractivity contribution in [2.24, 2.45) is 0 Å². The molecule has 0 fully saturated rings. The Morgan fingerprint density at radius 2 is 1.73 bits per heavy atom. The Hall–Kier alpha value is -4.31. The number of carbonyl (C=O) groups is 2. The van der Waals surface area contributed by atoms with E-state index in [-0.39, 0.29) is 30.3 Å². The molecule has 0 aliphatic heterocycles. The molecular formula is C27H24BrN5O4. The third-order valence-electron chi connectivity index (χ3n) is 5.73. The molecule has 1 atom stereocenters. The van der Waals surface area contributed by atoms with Gasteiger partial charge in [-0.1, -0.05) is 70.5 Å². The first-order valence-corrected chi connectivity index (χ1v) is 12.3. The van der Waals surface area contributed by atoms with E-state index in [1.165, 1.54) is 23.9 Å². The number of rotatable bonds is 9. The fraction of sp³-hybridized carbons (Fsp3) is 0.148. The zero-order valence-corrected chi connectivity index (χ0v) is 21.5. The number of non-ortho nitro benzene ring substituents is 1. The van der Waals surface area contributed by atoms with E-state index < -0.39 is 16.9 Å². The van der Waals surface area contributed by atoms with Crippen molar-refractivity contribution >= 4 is 33.4 Å². The molecule has 10 heteroatoms. The second kappa shape index (κ2) is 11.6. The predicted molar refractivity (Wildman–Crippen MR) is 143 cm³/mol. The lowest BCUT2D eigenvalue weighted by Gasteiger charge is -2.18. The van der Waals surface area contributed by atoms with Crippen molar-refractivity contribution in [3.05, 3.63) is 116 Å². The standard InChI is InChI=1S/C27H24BrN5O4/c1-29-26(34)24(15-18-7-5-11-21(28)13-18)30-27(35)25-16-23(20-9-3-2-4-10-20)31-32(25)17-19-8-6-12-22(14-19)33(36)37/h2-14,16,24H,15,17H2,1H3,(H,29,34)(H,30,35)/t24-/m0/s1. The van der Waals surface area contributed by atoms with Crippen LogP contribution in [0.2, 0.25) is 0 Å². The highest BCUT2D eigenvalue weighted by Crippen LogP contribution is 2.21. The third kappa shape index (κ3) is 6.47. The topological polar surface area (TPSA) is 119 Å². The summed E-state index contributed by atoms with van der Waals surface area (Å²) in [5, 5.41) is 21.3. The van der Waals surface area contributed by atoms with Gasteiger partial charge in [-0.3, -0.25) is 24.4 Å². The minimum atomic E-state index is -0.826. The van der Waals surface area contributed by atoms with E-state index in [0.29, 0.717) is 11.3 Å². The van der Waals surface area contributed by atoms with Crippen molar-refractivity contribution < 1.29 is 14.5 Å². The van der Waals surface area contributed by atoms with E-state index in [1.54, 1.807) is 18.2 Å². The number of halogens is 1. The van der Waals surface area contributed by atoms with Gasteiger partial charge in [0.1, 0.15) is 11.7 Å². The molecule has 0 saturated carbocycles. The lowest BCUT2D eigenvalue weighted by atomic mass is 10.0. The average Bonchev–Trinajstić information content (AvgIpc) is 3.32. The molecule has 0 aliphatic carbocycles. The van der Waals surface area contributed by atoms with E-state index >= 15 is 0 Å². The van der Waals surface area contributed by atoms with Gasteiger partial charge < -0.3 is 10.6 Å². The van der Waals surface area contributed by atoms with Crippen LogP contribution in [-0.2, 0) is 17.8 Å². The fourth-order valence-corrected chi connectivity index (χ4v) is 4.37. The first-order valence-electron chi connectivity index (χ1n) is 11.5. The van der Waals surface area contributed by atoms with Gasteiger partial charge in [-0.15, -0.1) is 0 Å². The molecule has 9 nitrogen and oxygen atoms in total. The van der Waals surface area contributed by atoms with Crippen LogP contribution in [0.25, 0.3) is 11.3 Å². The molecule has 0 unspecified atom stereocenters. The number of carbonyl (C=O) groups excluding carboxylic acids is 2. The molecule has 4 aromatic rings. The van der Waals surface area contributed by atoms with Crippen LogP contribution in [-0.4, -0.2) is 39.6 Å². The van der Waals surface area contributed by atoms with Gasteiger partial charge in [-0.05, 0) is 29.3 Å². The molecule has 4 rings (SSSR count). The maximum Gasteiger partial charge on any atom is 0.270 e. The van der Waals surface area contributed by atoms with Gasteiger partial charge in [0.2, 0.25) is 5.91 Å². The van der Waals surface area contributed by atoms with Crippen molar-refractivity contribution in [1.82, 2.24) is 20.4 Å². The number of nitrogens with zero attached hydrogens (tertiary/aromatic N) is 3. The molecule has 2 N–H and O–H groups in total. The van der Waals surface area contributed by atoms with E-state index in [9.17, 15) is 19.7 Å². The molecule has 0 aliphatic rings. The zero-order valence-electron chi connectivity index (χ0n) is 19.9. The number of benzene rings is 3. The van der Waals surface area contributed by atoms with E-state index in [1.807, 2.05) is 54.6 Å². The van der Waals surface area contributed by atoms with E-state index in [0.717, 1.165) is 15.6 Å².